The Morgan fingerprint density at radius 3 is 2.62 bits per heavy atom. The van der Waals surface area contributed by atoms with Crippen LogP contribution >= 0.6 is 0 Å². The van der Waals surface area contributed by atoms with E-state index in [4.69, 9.17) is 10.1 Å². The number of pyridine rings is 1. The largest absolute Gasteiger partial charge is 0.478 e. The van der Waals surface area contributed by atoms with Crippen LogP contribution in [0.15, 0.2) is 42.6 Å². The summed E-state index contributed by atoms with van der Waals surface area (Å²) in [7, 11) is 0. The fourth-order valence-electron chi connectivity index (χ4n) is 4.63. The van der Waals surface area contributed by atoms with E-state index >= 15 is 0 Å². The Balaban J connectivity index is 1.47. The van der Waals surface area contributed by atoms with Crippen molar-refractivity contribution in [2.75, 3.05) is 0 Å². The molecule has 0 atom stereocenters. The van der Waals surface area contributed by atoms with Crippen LogP contribution in [0.2, 0.25) is 0 Å². The van der Waals surface area contributed by atoms with Crippen molar-refractivity contribution in [1.82, 2.24) is 19.7 Å². The van der Waals surface area contributed by atoms with Crippen LogP contribution in [0.25, 0.3) is 11.3 Å². The standard InChI is InChI=1S/C26H32N4O2/c1-2-17-30-24(28-23(29-30)15-12-19-7-4-3-5-8-19)18-20-10-13-21(14-11-20)25-22(26(31)32)9-6-16-27-25/h6,9-11,13-14,16,19H,2-5,7-8,12,15,17-18H2,1H3,(H,31,32). The molecule has 0 radical (unpaired) electrons. The molecule has 1 saturated carbocycles. The van der Waals surface area contributed by atoms with Crippen molar-refractivity contribution in [2.45, 2.75) is 71.3 Å². The summed E-state index contributed by atoms with van der Waals surface area (Å²) < 4.78 is 2.06. The Labute approximate surface area is 189 Å². The third-order valence-corrected chi connectivity index (χ3v) is 6.36. The number of aromatic nitrogens is 4. The highest BCUT2D eigenvalue weighted by atomic mass is 16.4. The molecule has 32 heavy (non-hydrogen) atoms. The number of hydrogen-bond donors (Lipinski definition) is 1. The number of nitrogens with zero attached hydrogens (tertiary/aromatic N) is 4. The zero-order valence-corrected chi connectivity index (χ0v) is 18.8. The van der Waals surface area contributed by atoms with Gasteiger partial charge >= 0.3 is 5.97 Å². The van der Waals surface area contributed by atoms with Crippen molar-refractivity contribution < 1.29 is 9.90 Å². The molecule has 4 rings (SSSR count). The summed E-state index contributed by atoms with van der Waals surface area (Å²) in [5.74, 6) is 1.84. The van der Waals surface area contributed by atoms with Crippen LogP contribution in [-0.4, -0.2) is 30.8 Å². The van der Waals surface area contributed by atoms with E-state index in [1.54, 1.807) is 18.3 Å². The number of aryl methyl sites for hydroxylation is 2. The molecule has 2 heterocycles. The fourth-order valence-corrected chi connectivity index (χ4v) is 4.63. The Kier molecular flexibility index (Phi) is 7.30. The highest BCUT2D eigenvalue weighted by Gasteiger charge is 2.17. The van der Waals surface area contributed by atoms with E-state index in [9.17, 15) is 9.90 Å². The number of rotatable bonds is 9. The molecule has 1 fully saturated rings. The number of carboxylic acids is 1. The third-order valence-electron chi connectivity index (χ3n) is 6.36. The molecule has 2 aromatic heterocycles. The predicted molar refractivity (Wildman–Crippen MR) is 125 cm³/mol. The number of carbonyl (C=O) groups is 1. The molecule has 6 nitrogen and oxygen atoms in total. The van der Waals surface area contributed by atoms with Gasteiger partial charge in [0.2, 0.25) is 0 Å². The second-order valence-electron chi connectivity index (χ2n) is 8.79. The smallest absolute Gasteiger partial charge is 0.337 e. The monoisotopic (exact) mass is 432 g/mol. The van der Waals surface area contributed by atoms with Gasteiger partial charge in [0.1, 0.15) is 5.82 Å². The van der Waals surface area contributed by atoms with Crippen LogP contribution in [0.4, 0.5) is 0 Å². The molecule has 6 heteroatoms. The Hall–Kier alpha value is -3.02. The van der Waals surface area contributed by atoms with E-state index in [1.165, 1.54) is 38.5 Å². The first kappa shape index (κ1) is 22.2. The van der Waals surface area contributed by atoms with Gasteiger partial charge in [0, 0.05) is 31.1 Å². The average Bonchev–Trinajstić information content (AvgIpc) is 3.20. The summed E-state index contributed by atoms with van der Waals surface area (Å²) >= 11 is 0. The molecular weight excluding hydrogens is 400 g/mol. The molecule has 0 aliphatic heterocycles. The molecule has 1 aliphatic rings. The number of aromatic carboxylic acids is 1. The van der Waals surface area contributed by atoms with Gasteiger partial charge in [-0.3, -0.25) is 4.98 Å². The van der Waals surface area contributed by atoms with Crippen LogP contribution in [0.5, 0.6) is 0 Å². The molecule has 0 amide bonds. The lowest BCUT2D eigenvalue weighted by atomic mass is 9.86. The lowest BCUT2D eigenvalue weighted by molar-refractivity contribution is 0.0697. The van der Waals surface area contributed by atoms with Crippen LogP contribution in [-0.2, 0) is 19.4 Å². The molecule has 1 aliphatic carbocycles. The van der Waals surface area contributed by atoms with E-state index in [1.807, 2.05) is 24.3 Å². The average molecular weight is 433 g/mol. The zero-order valence-electron chi connectivity index (χ0n) is 18.8. The Bertz CT molecular complexity index is 1040. The minimum absolute atomic E-state index is 0.213. The topological polar surface area (TPSA) is 80.9 Å². The van der Waals surface area contributed by atoms with Crippen molar-refractivity contribution in [1.29, 1.82) is 0 Å². The minimum Gasteiger partial charge on any atom is -0.478 e. The normalized spacial score (nSPS) is 14.5. The molecule has 0 spiro atoms. The van der Waals surface area contributed by atoms with Gasteiger partial charge in [-0.25, -0.2) is 14.5 Å². The second-order valence-corrected chi connectivity index (χ2v) is 8.79. The maximum absolute atomic E-state index is 11.5. The highest BCUT2D eigenvalue weighted by molar-refractivity contribution is 5.94. The van der Waals surface area contributed by atoms with Crippen LogP contribution in [0.1, 0.15) is 79.4 Å². The first-order valence-electron chi connectivity index (χ1n) is 11.8. The Morgan fingerprint density at radius 2 is 1.91 bits per heavy atom. The third kappa shape index (κ3) is 5.42. The molecule has 0 bridgehead atoms. The first-order valence-corrected chi connectivity index (χ1v) is 11.8. The maximum Gasteiger partial charge on any atom is 0.337 e. The summed E-state index contributed by atoms with van der Waals surface area (Å²) in [6.07, 6.45) is 12.4. The summed E-state index contributed by atoms with van der Waals surface area (Å²) in [5.41, 5.74) is 2.64. The lowest BCUT2D eigenvalue weighted by Gasteiger charge is -2.20. The fraction of sp³-hybridized carbons (Fsp3) is 0.462. The summed E-state index contributed by atoms with van der Waals surface area (Å²) in [4.78, 5) is 20.7. The van der Waals surface area contributed by atoms with Gasteiger partial charge in [-0.1, -0.05) is 63.3 Å². The van der Waals surface area contributed by atoms with E-state index < -0.39 is 5.97 Å². The second kappa shape index (κ2) is 10.5. The van der Waals surface area contributed by atoms with E-state index in [-0.39, 0.29) is 5.56 Å². The van der Waals surface area contributed by atoms with Crippen molar-refractivity contribution in [3.63, 3.8) is 0 Å². The van der Waals surface area contributed by atoms with Gasteiger partial charge in [-0.15, -0.1) is 0 Å². The first-order chi connectivity index (χ1) is 15.6. The van der Waals surface area contributed by atoms with Crippen molar-refractivity contribution in [2.24, 2.45) is 5.92 Å². The Morgan fingerprint density at radius 1 is 1.12 bits per heavy atom. The van der Waals surface area contributed by atoms with Gasteiger partial charge in [0.05, 0.1) is 11.3 Å². The predicted octanol–water partition coefficient (Wildman–Crippen LogP) is 5.55. The summed E-state index contributed by atoms with van der Waals surface area (Å²) in [6.45, 7) is 3.04. The molecule has 1 N–H and O–H groups in total. The quantitative estimate of drug-likeness (QED) is 0.479. The summed E-state index contributed by atoms with van der Waals surface area (Å²) in [5, 5.41) is 14.2. The highest BCUT2D eigenvalue weighted by Crippen LogP contribution is 2.27. The van der Waals surface area contributed by atoms with Crippen LogP contribution in [0.3, 0.4) is 0 Å². The minimum atomic E-state index is -0.967. The van der Waals surface area contributed by atoms with Gasteiger partial charge in [0.15, 0.2) is 5.82 Å². The molecular formula is C26H32N4O2. The number of hydrogen-bond acceptors (Lipinski definition) is 4. The van der Waals surface area contributed by atoms with Gasteiger partial charge < -0.3 is 5.11 Å². The molecule has 0 unspecified atom stereocenters. The van der Waals surface area contributed by atoms with Gasteiger partial charge in [0.25, 0.3) is 0 Å². The maximum atomic E-state index is 11.5. The van der Waals surface area contributed by atoms with Crippen molar-refractivity contribution in [3.8, 4) is 11.3 Å². The molecule has 1 aromatic carbocycles. The lowest BCUT2D eigenvalue weighted by Crippen LogP contribution is -2.08. The van der Waals surface area contributed by atoms with Crippen LogP contribution in [0, 0.1) is 5.92 Å². The van der Waals surface area contributed by atoms with E-state index in [0.717, 1.165) is 48.1 Å². The van der Waals surface area contributed by atoms with Gasteiger partial charge in [-0.2, -0.15) is 5.10 Å². The van der Waals surface area contributed by atoms with E-state index in [2.05, 4.69) is 16.6 Å². The van der Waals surface area contributed by atoms with Crippen LogP contribution < -0.4 is 0 Å². The molecule has 0 saturated heterocycles. The number of carboxylic acid groups (broad SMARTS) is 1. The van der Waals surface area contributed by atoms with E-state index in [0.29, 0.717) is 12.1 Å². The van der Waals surface area contributed by atoms with Crippen molar-refractivity contribution >= 4 is 5.97 Å². The van der Waals surface area contributed by atoms with Gasteiger partial charge in [-0.05, 0) is 36.5 Å². The molecule has 168 valence electrons. The number of benzene rings is 1. The van der Waals surface area contributed by atoms with Crippen molar-refractivity contribution in [3.05, 3.63) is 65.4 Å². The summed E-state index contributed by atoms with van der Waals surface area (Å²) in [6, 6.07) is 11.2. The SMILES string of the molecule is CCCn1nc(CCC2CCCCC2)nc1Cc1ccc(-c2ncccc2C(=O)O)cc1. The zero-order chi connectivity index (χ0) is 22.3. The molecule has 3 aromatic rings.